The summed E-state index contributed by atoms with van der Waals surface area (Å²) in [4.78, 5) is 14.1. The monoisotopic (exact) mass is 387 g/mol. The Labute approximate surface area is 159 Å². The van der Waals surface area contributed by atoms with Crippen LogP contribution in [0.2, 0.25) is 0 Å². The fraction of sp³-hybridized carbons (Fsp3) is 0.278. The zero-order valence-electron chi connectivity index (χ0n) is 14.4. The van der Waals surface area contributed by atoms with Crippen molar-refractivity contribution in [2.45, 2.75) is 26.9 Å². The third kappa shape index (κ3) is 4.02. The lowest BCUT2D eigenvalue weighted by atomic mass is 10.1. The first-order chi connectivity index (χ1) is 12.6. The van der Waals surface area contributed by atoms with Gasteiger partial charge in [0.1, 0.15) is 23.4 Å². The highest BCUT2D eigenvalue weighted by Gasteiger charge is 2.16. The number of aryl methyl sites for hydroxylation is 1. The van der Waals surface area contributed by atoms with Crippen molar-refractivity contribution in [2.24, 2.45) is 0 Å². The Morgan fingerprint density at radius 3 is 3.04 bits per heavy atom. The summed E-state index contributed by atoms with van der Waals surface area (Å²) in [7, 11) is 0. The van der Waals surface area contributed by atoms with Crippen LogP contribution in [0.1, 0.15) is 28.6 Å². The molecule has 0 atom stereocenters. The zero-order chi connectivity index (χ0) is 18.5. The van der Waals surface area contributed by atoms with Crippen molar-refractivity contribution in [3.05, 3.63) is 45.3 Å². The van der Waals surface area contributed by atoms with E-state index in [1.54, 1.807) is 17.4 Å². The van der Waals surface area contributed by atoms with Gasteiger partial charge in [0.25, 0.3) is 5.91 Å². The predicted octanol–water partition coefficient (Wildman–Crippen LogP) is 4.36. The van der Waals surface area contributed by atoms with E-state index in [4.69, 9.17) is 9.26 Å². The van der Waals surface area contributed by atoms with Gasteiger partial charge in [-0.1, -0.05) is 18.1 Å². The van der Waals surface area contributed by atoms with Crippen LogP contribution in [-0.4, -0.2) is 17.7 Å². The van der Waals surface area contributed by atoms with Crippen molar-refractivity contribution < 1.29 is 14.1 Å². The van der Waals surface area contributed by atoms with Crippen LogP contribution in [0.25, 0.3) is 10.6 Å². The number of nitrogens with zero attached hydrogens (tertiary/aromatic N) is 2. The van der Waals surface area contributed by atoms with Crippen molar-refractivity contribution in [2.75, 3.05) is 11.9 Å². The number of thiophene rings is 2. The highest BCUT2D eigenvalue weighted by Crippen LogP contribution is 2.32. The van der Waals surface area contributed by atoms with E-state index in [2.05, 4.69) is 16.5 Å². The first kappa shape index (κ1) is 18.3. The maximum absolute atomic E-state index is 12.1. The molecule has 1 N–H and O–H groups in total. The minimum atomic E-state index is -0.299. The molecular formula is C18H17N3O3S2. The number of rotatable bonds is 7. The van der Waals surface area contributed by atoms with Crippen LogP contribution in [0, 0.1) is 18.3 Å². The summed E-state index contributed by atoms with van der Waals surface area (Å²) in [5.41, 5.74) is 2.15. The number of nitrogens with one attached hydrogen (secondary N) is 1. The molecule has 1 amide bonds. The SMILES string of the molecule is CCc1c(C)sc(NC(=O)COCc2cc(-c3cccs3)on2)c1C#N. The van der Waals surface area contributed by atoms with E-state index in [0.29, 0.717) is 22.0 Å². The summed E-state index contributed by atoms with van der Waals surface area (Å²) in [5, 5.41) is 18.6. The van der Waals surface area contributed by atoms with E-state index in [9.17, 15) is 10.1 Å². The van der Waals surface area contributed by atoms with E-state index in [1.807, 2.05) is 31.4 Å². The van der Waals surface area contributed by atoms with Crippen molar-refractivity contribution in [1.82, 2.24) is 5.16 Å². The molecule has 0 aromatic carbocycles. The maximum atomic E-state index is 12.1. The van der Waals surface area contributed by atoms with Crippen LogP contribution >= 0.6 is 22.7 Å². The molecule has 0 radical (unpaired) electrons. The molecule has 134 valence electrons. The van der Waals surface area contributed by atoms with Crippen molar-refractivity contribution in [1.29, 1.82) is 5.26 Å². The number of nitriles is 1. The molecule has 8 heteroatoms. The minimum absolute atomic E-state index is 0.121. The van der Waals surface area contributed by atoms with Gasteiger partial charge in [-0.3, -0.25) is 4.79 Å². The molecule has 0 aliphatic rings. The summed E-state index contributed by atoms with van der Waals surface area (Å²) >= 11 is 2.98. The predicted molar refractivity (Wildman–Crippen MR) is 101 cm³/mol. The van der Waals surface area contributed by atoms with Gasteiger partial charge in [0.2, 0.25) is 0 Å². The maximum Gasteiger partial charge on any atom is 0.251 e. The summed E-state index contributed by atoms with van der Waals surface area (Å²) in [5.74, 6) is 0.384. The molecule has 26 heavy (non-hydrogen) atoms. The second kappa shape index (κ2) is 8.27. The average Bonchev–Trinajstić information content (AvgIpc) is 3.34. The summed E-state index contributed by atoms with van der Waals surface area (Å²) < 4.78 is 10.7. The van der Waals surface area contributed by atoms with Gasteiger partial charge in [0.05, 0.1) is 17.0 Å². The molecule has 0 spiro atoms. The molecule has 3 heterocycles. The third-order valence-corrected chi connectivity index (χ3v) is 5.68. The molecule has 0 aliphatic heterocycles. The Bertz CT molecular complexity index is 936. The first-order valence-electron chi connectivity index (χ1n) is 8.01. The lowest BCUT2D eigenvalue weighted by molar-refractivity contribution is -0.121. The van der Waals surface area contributed by atoms with Crippen LogP contribution in [0.5, 0.6) is 0 Å². The molecule has 0 aliphatic carbocycles. The Hall–Kier alpha value is -2.47. The number of ether oxygens (including phenoxy) is 1. The summed E-state index contributed by atoms with van der Waals surface area (Å²) in [6, 6.07) is 7.86. The third-order valence-electron chi connectivity index (χ3n) is 3.73. The van der Waals surface area contributed by atoms with Crippen molar-refractivity contribution in [3.8, 4) is 16.7 Å². The van der Waals surface area contributed by atoms with Gasteiger partial charge in [0, 0.05) is 10.9 Å². The Morgan fingerprint density at radius 2 is 2.35 bits per heavy atom. The Morgan fingerprint density at radius 1 is 1.50 bits per heavy atom. The lowest BCUT2D eigenvalue weighted by Crippen LogP contribution is -2.18. The van der Waals surface area contributed by atoms with Gasteiger partial charge in [-0.15, -0.1) is 22.7 Å². The summed E-state index contributed by atoms with van der Waals surface area (Å²) in [6.45, 7) is 4.00. The van der Waals surface area contributed by atoms with Crippen LogP contribution in [0.3, 0.4) is 0 Å². The standard InChI is InChI=1S/C18H17N3O3S2/c1-3-13-11(2)26-18(14(13)8-19)20-17(22)10-23-9-12-7-15(24-21-12)16-5-4-6-25-16/h4-7H,3,9-10H2,1-2H3,(H,20,22). The first-order valence-corrected chi connectivity index (χ1v) is 9.71. The van der Waals surface area contributed by atoms with E-state index in [1.165, 1.54) is 11.3 Å². The van der Waals surface area contributed by atoms with Crippen molar-refractivity contribution in [3.63, 3.8) is 0 Å². The number of anilines is 1. The van der Waals surface area contributed by atoms with Gasteiger partial charge in [-0.2, -0.15) is 5.26 Å². The average molecular weight is 387 g/mol. The quantitative estimate of drug-likeness (QED) is 0.651. The van der Waals surface area contributed by atoms with E-state index >= 15 is 0 Å². The Balaban J connectivity index is 1.53. The van der Waals surface area contributed by atoms with Crippen LogP contribution in [0.15, 0.2) is 28.1 Å². The van der Waals surface area contributed by atoms with Crippen LogP contribution in [0.4, 0.5) is 5.00 Å². The van der Waals surface area contributed by atoms with E-state index in [-0.39, 0.29) is 19.1 Å². The van der Waals surface area contributed by atoms with Gasteiger partial charge in [0.15, 0.2) is 5.76 Å². The molecule has 0 saturated carbocycles. The molecule has 0 bridgehead atoms. The molecule has 3 aromatic rings. The van der Waals surface area contributed by atoms with Crippen molar-refractivity contribution >= 4 is 33.6 Å². The number of carbonyl (C=O) groups excluding carboxylic acids is 1. The number of hydrogen-bond donors (Lipinski definition) is 1. The molecule has 0 saturated heterocycles. The normalized spacial score (nSPS) is 10.7. The largest absolute Gasteiger partial charge is 0.365 e. The molecular weight excluding hydrogens is 370 g/mol. The molecule has 3 aromatic heterocycles. The topological polar surface area (TPSA) is 88.2 Å². The number of carbonyl (C=O) groups is 1. The second-order valence-corrected chi connectivity index (χ2v) is 7.68. The number of hydrogen-bond acceptors (Lipinski definition) is 7. The van der Waals surface area contributed by atoms with Crippen LogP contribution in [-0.2, 0) is 22.6 Å². The number of aromatic nitrogens is 1. The van der Waals surface area contributed by atoms with Gasteiger partial charge >= 0.3 is 0 Å². The summed E-state index contributed by atoms with van der Waals surface area (Å²) in [6.07, 6.45) is 0.760. The highest BCUT2D eigenvalue weighted by atomic mass is 32.1. The fourth-order valence-electron chi connectivity index (χ4n) is 2.54. The number of amides is 1. The highest BCUT2D eigenvalue weighted by molar-refractivity contribution is 7.16. The van der Waals surface area contributed by atoms with E-state index in [0.717, 1.165) is 21.7 Å². The van der Waals surface area contributed by atoms with Gasteiger partial charge in [-0.25, -0.2) is 0 Å². The molecule has 0 unspecified atom stereocenters. The smallest absolute Gasteiger partial charge is 0.251 e. The lowest BCUT2D eigenvalue weighted by Gasteiger charge is -2.04. The van der Waals surface area contributed by atoms with Gasteiger partial charge < -0.3 is 14.6 Å². The molecule has 6 nitrogen and oxygen atoms in total. The van der Waals surface area contributed by atoms with Gasteiger partial charge in [-0.05, 0) is 30.4 Å². The van der Waals surface area contributed by atoms with E-state index < -0.39 is 0 Å². The zero-order valence-corrected chi connectivity index (χ0v) is 16.0. The molecule has 3 rings (SSSR count). The van der Waals surface area contributed by atoms with Crippen LogP contribution < -0.4 is 5.32 Å². The molecule has 0 fully saturated rings. The second-order valence-electron chi connectivity index (χ2n) is 5.51. The minimum Gasteiger partial charge on any atom is -0.365 e. The fourth-order valence-corrected chi connectivity index (χ4v) is 4.32. The Kier molecular flexibility index (Phi) is 5.83.